The van der Waals surface area contributed by atoms with Crippen molar-refractivity contribution >= 4 is 16.9 Å². The Bertz CT molecular complexity index is 873. The predicted molar refractivity (Wildman–Crippen MR) is 89.3 cm³/mol. The minimum Gasteiger partial charge on any atom is -0.379 e. The van der Waals surface area contributed by atoms with Crippen LogP contribution in [-0.4, -0.2) is 45.7 Å². The van der Waals surface area contributed by atoms with Crippen LogP contribution >= 0.6 is 0 Å². The lowest BCUT2D eigenvalue weighted by molar-refractivity contribution is 0.0551. The third-order valence-electron chi connectivity index (χ3n) is 5.56. The van der Waals surface area contributed by atoms with Crippen molar-refractivity contribution in [3.05, 3.63) is 34.2 Å². The molecular weight excluding hydrogens is 306 g/mol. The maximum absolute atomic E-state index is 13.1. The average molecular weight is 327 g/mol. The summed E-state index contributed by atoms with van der Waals surface area (Å²) >= 11 is 0. The molecule has 1 N–H and O–H groups in total. The minimum absolute atomic E-state index is 0.0555. The number of aromatic nitrogens is 2. The molecule has 0 radical (unpaired) electrons. The van der Waals surface area contributed by atoms with E-state index in [4.69, 9.17) is 4.74 Å². The Morgan fingerprint density at radius 1 is 1.29 bits per heavy atom. The van der Waals surface area contributed by atoms with Crippen molar-refractivity contribution in [3.63, 3.8) is 0 Å². The number of ether oxygens (including phenoxy) is 1. The fourth-order valence-electron chi connectivity index (χ4n) is 3.89. The molecule has 1 spiro atoms. The zero-order valence-corrected chi connectivity index (χ0v) is 13.6. The van der Waals surface area contributed by atoms with Gasteiger partial charge in [0.05, 0.1) is 23.2 Å². The van der Waals surface area contributed by atoms with Crippen LogP contribution in [0, 0.1) is 0 Å². The molecular formula is C18H21N3O3. The van der Waals surface area contributed by atoms with Crippen molar-refractivity contribution in [1.82, 2.24) is 14.5 Å². The van der Waals surface area contributed by atoms with Gasteiger partial charge in [-0.3, -0.25) is 9.36 Å². The Kier molecular flexibility index (Phi) is 2.95. The van der Waals surface area contributed by atoms with Gasteiger partial charge in [0.25, 0.3) is 5.91 Å². The molecule has 5 rings (SSSR count). The third-order valence-corrected chi connectivity index (χ3v) is 5.56. The number of carbonyl (C=O) groups is 1. The summed E-state index contributed by atoms with van der Waals surface area (Å²) in [5.74, 6) is 0.0555. The molecule has 6 heteroatoms. The van der Waals surface area contributed by atoms with Crippen LogP contribution in [0.25, 0.3) is 11.0 Å². The smallest absolute Gasteiger partial charge is 0.326 e. The quantitative estimate of drug-likeness (QED) is 0.918. The van der Waals surface area contributed by atoms with E-state index in [0.29, 0.717) is 18.2 Å². The third kappa shape index (κ3) is 2.13. The first-order valence-corrected chi connectivity index (χ1v) is 8.82. The lowest BCUT2D eigenvalue weighted by Crippen LogP contribution is -2.44. The molecule has 2 saturated carbocycles. The number of nitrogens with one attached hydrogen (secondary N) is 1. The molecule has 1 aliphatic heterocycles. The molecule has 2 aliphatic carbocycles. The molecule has 1 aromatic carbocycles. The molecule has 1 amide bonds. The van der Waals surface area contributed by atoms with Gasteiger partial charge in [0.1, 0.15) is 0 Å². The highest BCUT2D eigenvalue weighted by Gasteiger charge is 2.51. The number of fused-ring (bicyclic) bond motifs is 1. The zero-order chi connectivity index (χ0) is 16.3. The van der Waals surface area contributed by atoms with E-state index >= 15 is 0 Å². The van der Waals surface area contributed by atoms with Crippen LogP contribution in [0.1, 0.15) is 48.5 Å². The molecule has 6 nitrogen and oxygen atoms in total. The molecule has 3 fully saturated rings. The van der Waals surface area contributed by atoms with Crippen LogP contribution < -0.4 is 5.69 Å². The first kappa shape index (κ1) is 14.3. The number of aromatic amines is 1. The second-order valence-electron chi connectivity index (χ2n) is 7.35. The van der Waals surface area contributed by atoms with E-state index in [1.807, 2.05) is 27.7 Å². The molecule has 0 bridgehead atoms. The first-order chi connectivity index (χ1) is 11.7. The Hall–Kier alpha value is -2.08. The highest BCUT2D eigenvalue weighted by Crippen LogP contribution is 2.44. The number of rotatable bonds is 2. The molecule has 1 saturated heterocycles. The van der Waals surface area contributed by atoms with E-state index in [9.17, 15) is 9.59 Å². The van der Waals surface area contributed by atoms with Gasteiger partial charge in [-0.15, -0.1) is 0 Å². The number of amides is 1. The van der Waals surface area contributed by atoms with Gasteiger partial charge in [-0.05, 0) is 50.3 Å². The number of carbonyl (C=O) groups excluding carboxylic acids is 1. The number of hydrogen-bond donors (Lipinski definition) is 1. The molecule has 2 heterocycles. The van der Waals surface area contributed by atoms with Gasteiger partial charge >= 0.3 is 5.69 Å². The van der Waals surface area contributed by atoms with E-state index in [2.05, 4.69) is 4.98 Å². The van der Waals surface area contributed by atoms with Crippen molar-refractivity contribution in [2.75, 3.05) is 19.8 Å². The highest BCUT2D eigenvalue weighted by molar-refractivity contribution is 5.98. The molecule has 0 unspecified atom stereocenters. The van der Waals surface area contributed by atoms with Crippen LogP contribution in [0.15, 0.2) is 23.0 Å². The number of imidazole rings is 1. The van der Waals surface area contributed by atoms with Gasteiger partial charge in [0.15, 0.2) is 0 Å². The van der Waals surface area contributed by atoms with Gasteiger partial charge in [0.2, 0.25) is 0 Å². The summed E-state index contributed by atoms with van der Waals surface area (Å²) in [4.78, 5) is 30.1. The minimum atomic E-state index is -0.0874. The summed E-state index contributed by atoms with van der Waals surface area (Å²) in [7, 11) is 0. The SMILES string of the molecule is O=C(c1ccc2c(c1)[nH]c(=O)n2C1CC1)N1CCCOCC12CC2. The van der Waals surface area contributed by atoms with Crippen molar-refractivity contribution in [1.29, 1.82) is 0 Å². The van der Waals surface area contributed by atoms with Gasteiger partial charge in [0, 0.05) is 24.8 Å². The van der Waals surface area contributed by atoms with E-state index in [-0.39, 0.29) is 17.1 Å². The fraction of sp³-hybridized carbons (Fsp3) is 0.556. The van der Waals surface area contributed by atoms with Gasteiger partial charge in [-0.25, -0.2) is 4.79 Å². The fourth-order valence-corrected chi connectivity index (χ4v) is 3.89. The summed E-state index contributed by atoms with van der Waals surface area (Å²) in [6, 6.07) is 5.93. The summed E-state index contributed by atoms with van der Waals surface area (Å²) < 4.78 is 7.49. The largest absolute Gasteiger partial charge is 0.379 e. The normalized spacial score (nSPS) is 22.8. The maximum atomic E-state index is 13.1. The van der Waals surface area contributed by atoms with Crippen molar-refractivity contribution in [2.24, 2.45) is 0 Å². The van der Waals surface area contributed by atoms with E-state index < -0.39 is 0 Å². The molecule has 1 aromatic heterocycles. The molecule has 2 aromatic rings. The lowest BCUT2D eigenvalue weighted by Gasteiger charge is -2.29. The second-order valence-corrected chi connectivity index (χ2v) is 7.35. The summed E-state index contributed by atoms with van der Waals surface area (Å²) in [5, 5.41) is 0. The van der Waals surface area contributed by atoms with Crippen molar-refractivity contribution < 1.29 is 9.53 Å². The second kappa shape index (κ2) is 4.96. The Balaban J connectivity index is 1.52. The standard InChI is InChI=1S/C18H21N3O3/c22-16(20-8-1-9-24-11-18(20)6-7-18)12-2-5-15-14(10-12)19-17(23)21(15)13-3-4-13/h2,5,10,13H,1,3-4,6-9,11H2,(H,19,23). The Labute approximate surface area is 139 Å². The van der Waals surface area contributed by atoms with E-state index in [0.717, 1.165) is 56.3 Å². The van der Waals surface area contributed by atoms with Crippen LogP contribution in [0.4, 0.5) is 0 Å². The number of nitrogens with zero attached hydrogens (tertiary/aromatic N) is 2. The molecule has 126 valence electrons. The summed E-state index contributed by atoms with van der Waals surface area (Å²) in [5.41, 5.74) is 2.16. The van der Waals surface area contributed by atoms with Crippen LogP contribution in [-0.2, 0) is 4.74 Å². The Morgan fingerprint density at radius 3 is 2.88 bits per heavy atom. The topological polar surface area (TPSA) is 67.3 Å². The summed E-state index contributed by atoms with van der Waals surface area (Å²) in [6.07, 6.45) is 5.05. The maximum Gasteiger partial charge on any atom is 0.326 e. The lowest BCUT2D eigenvalue weighted by atomic mass is 10.1. The number of benzene rings is 1. The average Bonchev–Trinajstić information content (AvgIpc) is 3.48. The first-order valence-electron chi connectivity index (χ1n) is 8.82. The summed E-state index contributed by atoms with van der Waals surface area (Å²) in [6.45, 7) is 2.12. The van der Waals surface area contributed by atoms with Crippen molar-refractivity contribution in [2.45, 2.75) is 43.7 Å². The van der Waals surface area contributed by atoms with Crippen LogP contribution in [0.2, 0.25) is 0 Å². The molecule has 0 atom stereocenters. The molecule has 3 aliphatic rings. The number of hydrogen-bond acceptors (Lipinski definition) is 3. The van der Waals surface area contributed by atoms with Gasteiger partial charge < -0.3 is 14.6 Å². The van der Waals surface area contributed by atoms with E-state index in [1.54, 1.807) is 0 Å². The van der Waals surface area contributed by atoms with Crippen LogP contribution in [0.3, 0.4) is 0 Å². The number of H-pyrrole nitrogens is 1. The van der Waals surface area contributed by atoms with Crippen LogP contribution in [0.5, 0.6) is 0 Å². The molecule has 24 heavy (non-hydrogen) atoms. The van der Waals surface area contributed by atoms with Gasteiger partial charge in [-0.2, -0.15) is 0 Å². The van der Waals surface area contributed by atoms with E-state index in [1.165, 1.54) is 0 Å². The van der Waals surface area contributed by atoms with Crippen molar-refractivity contribution in [3.8, 4) is 0 Å². The zero-order valence-electron chi connectivity index (χ0n) is 13.6. The van der Waals surface area contributed by atoms with Gasteiger partial charge in [-0.1, -0.05) is 0 Å². The predicted octanol–water partition coefficient (Wildman–Crippen LogP) is 2.06. The highest BCUT2D eigenvalue weighted by atomic mass is 16.5. The monoisotopic (exact) mass is 327 g/mol. The Morgan fingerprint density at radius 2 is 2.12 bits per heavy atom.